The molecule has 0 aliphatic rings. The van der Waals surface area contributed by atoms with Gasteiger partial charge in [-0.2, -0.15) is 0 Å². The molecule has 28 valence electrons. The van der Waals surface area contributed by atoms with E-state index in [4.69, 9.17) is 0 Å². The van der Waals surface area contributed by atoms with Crippen molar-refractivity contribution in [1.29, 1.82) is 0 Å². The van der Waals surface area contributed by atoms with Crippen LogP contribution in [0.15, 0.2) is 0 Å². The molecular weight excluding hydrogens is 61.9 g/mol. The van der Waals surface area contributed by atoms with Crippen LogP contribution >= 0.6 is 0 Å². The van der Waals surface area contributed by atoms with Crippen molar-refractivity contribution in [2.75, 3.05) is 0 Å². The van der Waals surface area contributed by atoms with Gasteiger partial charge in [0.25, 0.3) is 0 Å². The molecule has 0 aromatic heterocycles. The number of rotatable bonds is 1. The Labute approximate surface area is 64.4 Å². The minimum atomic E-state index is 0. The summed E-state index contributed by atoms with van der Waals surface area (Å²) in [5.41, 5.74) is 0. The average Bonchev–Trinajstić information content (AvgIpc) is 1.37. The van der Waals surface area contributed by atoms with Gasteiger partial charge in [-0.3, -0.25) is 0 Å². The summed E-state index contributed by atoms with van der Waals surface area (Å²) in [5.74, 6) is 0. The van der Waals surface area contributed by atoms with E-state index in [1.54, 1.807) is 0 Å². The SMILES string of the molecule is CCCC.[Li].[Li]. The van der Waals surface area contributed by atoms with E-state index in [1.807, 2.05) is 0 Å². The van der Waals surface area contributed by atoms with Gasteiger partial charge in [0.2, 0.25) is 0 Å². The fourth-order valence-corrected chi connectivity index (χ4v) is 0. The van der Waals surface area contributed by atoms with Gasteiger partial charge in [-0.05, 0) is 0 Å². The molecule has 2 radical (unpaired) electrons. The first kappa shape index (κ1) is 15.7. The van der Waals surface area contributed by atoms with Gasteiger partial charge in [-0.15, -0.1) is 0 Å². The van der Waals surface area contributed by atoms with Crippen molar-refractivity contribution in [3.63, 3.8) is 0 Å². The Balaban J connectivity index is -0.0000000450. The smallest absolute Gasteiger partial charge is 0 e. The molecule has 2 heteroatoms. The standard InChI is InChI=1S/C4H10.2Li/c1-3-4-2;;/h3-4H2,1-2H3;;. The van der Waals surface area contributed by atoms with Gasteiger partial charge in [0, 0.05) is 37.7 Å². The van der Waals surface area contributed by atoms with E-state index in [0.717, 1.165) is 0 Å². The summed E-state index contributed by atoms with van der Waals surface area (Å²) in [6, 6.07) is 0. The van der Waals surface area contributed by atoms with Crippen LogP contribution < -0.4 is 0 Å². The van der Waals surface area contributed by atoms with E-state index in [0.29, 0.717) is 0 Å². The van der Waals surface area contributed by atoms with Crippen LogP contribution in [0.1, 0.15) is 26.7 Å². The Bertz CT molecular complexity index is 7.51. The molecule has 0 saturated heterocycles. The molecular formula is C4H10Li2. The summed E-state index contributed by atoms with van der Waals surface area (Å²) in [4.78, 5) is 0. The van der Waals surface area contributed by atoms with Gasteiger partial charge in [-0.1, -0.05) is 26.7 Å². The minimum Gasteiger partial charge on any atom is -0.0654 e. The molecule has 0 nitrogen and oxygen atoms in total. The third-order valence-corrected chi connectivity index (χ3v) is 0.500. The molecule has 0 aromatic rings. The maximum Gasteiger partial charge on any atom is 0 e. The van der Waals surface area contributed by atoms with Gasteiger partial charge in [0.1, 0.15) is 0 Å². The molecule has 0 bridgehead atoms. The van der Waals surface area contributed by atoms with E-state index in [2.05, 4.69) is 13.8 Å². The van der Waals surface area contributed by atoms with Crippen molar-refractivity contribution in [3.8, 4) is 0 Å². The first-order valence-corrected chi connectivity index (χ1v) is 1.91. The zero-order valence-electron chi connectivity index (χ0n) is 5.41. The monoisotopic (exact) mass is 72.1 g/mol. The Morgan fingerprint density at radius 1 is 0.833 bits per heavy atom. The van der Waals surface area contributed by atoms with Crippen LogP contribution in [0.5, 0.6) is 0 Å². The molecule has 0 saturated carbocycles. The van der Waals surface area contributed by atoms with Crippen LogP contribution in [0.3, 0.4) is 0 Å². The van der Waals surface area contributed by atoms with Crippen molar-refractivity contribution in [3.05, 3.63) is 0 Å². The maximum absolute atomic E-state index is 2.18. The molecule has 6 heavy (non-hydrogen) atoms. The summed E-state index contributed by atoms with van der Waals surface area (Å²) in [5, 5.41) is 0. The van der Waals surface area contributed by atoms with Gasteiger partial charge in [-0.25, -0.2) is 0 Å². The fraction of sp³-hybridized carbons (Fsp3) is 1.00. The van der Waals surface area contributed by atoms with E-state index < -0.39 is 0 Å². The normalized spacial score (nSPS) is 5.00. The summed E-state index contributed by atoms with van der Waals surface area (Å²) < 4.78 is 0. The zero-order chi connectivity index (χ0) is 3.41. The molecule has 0 N–H and O–H groups in total. The first-order chi connectivity index (χ1) is 1.91. The Hall–Kier alpha value is 1.19. The summed E-state index contributed by atoms with van der Waals surface area (Å²) in [7, 11) is 0. The van der Waals surface area contributed by atoms with E-state index in [-0.39, 0.29) is 37.7 Å². The number of unbranched alkanes of at least 4 members (excludes halogenated alkanes) is 1. The van der Waals surface area contributed by atoms with Crippen LogP contribution in [-0.2, 0) is 0 Å². The third-order valence-electron chi connectivity index (χ3n) is 0.500. The Morgan fingerprint density at radius 3 is 1.00 bits per heavy atom. The second kappa shape index (κ2) is 16.4. The molecule has 0 rings (SSSR count). The van der Waals surface area contributed by atoms with E-state index in [1.165, 1.54) is 12.8 Å². The molecule has 0 amide bonds. The van der Waals surface area contributed by atoms with Crippen molar-refractivity contribution in [2.45, 2.75) is 26.7 Å². The molecule has 0 unspecified atom stereocenters. The van der Waals surface area contributed by atoms with E-state index >= 15 is 0 Å². The van der Waals surface area contributed by atoms with Crippen LogP contribution in [0.2, 0.25) is 0 Å². The van der Waals surface area contributed by atoms with Gasteiger partial charge >= 0.3 is 0 Å². The quantitative estimate of drug-likeness (QED) is 0.406. The molecule has 0 spiro atoms. The third kappa shape index (κ3) is 19.0. The topological polar surface area (TPSA) is 0 Å². The summed E-state index contributed by atoms with van der Waals surface area (Å²) in [6.45, 7) is 4.36. The second-order valence-electron chi connectivity index (χ2n) is 1.000. The summed E-state index contributed by atoms with van der Waals surface area (Å²) in [6.07, 6.45) is 2.64. The Morgan fingerprint density at radius 2 is 1.00 bits per heavy atom. The van der Waals surface area contributed by atoms with E-state index in [9.17, 15) is 0 Å². The van der Waals surface area contributed by atoms with Gasteiger partial charge < -0.3 is 0 Å². The first-order valence-electron chi connectivity index (χ1n) is 1.91. The van der Waals surface area contributed by atoms with Crippen LogP contribution in [-0.4, -0.2) is 37.7 Å². The zero-order valence-corrected chi connectivity index (χ0v) is 5.41. The molecule has 0 aromatic carbocycles. The molecule has 0 heterocycles. The summed E-state index contributed by atoms with van der Waals surface area (Å²) >= 11 is 0. The molecule has 0 aliphatic carbocycles. The van der Waals surface area contributed by atoms with Gasteiger partial charge in [0.15, 0.2) is 0 Å². The minimum absolute atomic E-state index is 0. The molecule has 0 atom stereocenters. The second-order valence-corrected chi connectivity index (χ2v) is 1.000. The predicted molar refractivity (Wildman–Crippen MR) is 32.1 cm³/mol. The van der Waals surface area contributed by atoms with Crippen LogP contribution in [0.4, 0.5) is 0 Å². The van der Waals surface area contributed by atoms with Crippen LogP contribution in [0, 0.1) is 0 Å². The predicted octanol–water partition coefficient (Wildman–Crippen LogP) is 1.04. The molecule has 0 fully saturated rings. The maximum atomic E-state index is 2.18. The number of hydrogen-bond donors (Lipinski definition) is 0. The van der Waals surface area contributed by atoms with Crippen LogP contribution in [0.25, 0.3) is 0 Å². The van der Waals surface area contributed by atoms with Crippen molar-refractivity contribution >= 4 is 37.7 Å². The van der Waals surface area contributed by atoms with Crippen molar-refractivity contribution in [1.82, 2.24) is 0 Å². The van der Waals surface area contributed by atoms with Crippen molar-refractivity contribution in [2.24, 2.45) is 0 Å². The van der Waals surface area contributed by atoms with Crippen molar-refractivity contribution < 1.29 is 0 Å². The molecule has 0 aliphatic heterocycles. The largest absolute Gasteiger partial charge is 0.0654 e. The number of hydrogen-bond acceptors (Lipinski definition) is 0. The average molecular weight is 72.0 g/mol. The fourth-order valence-electron chi connectivity index (χ4n) is 0. The Kier molecular flexibility index (Phi) is 42.8. The van der Waals surface area contributed by atoms with Gasteiger partial charge in [0.05, 0.1) is 0 Å².